The Balaban J connectivity index is 1.58. The maximum absolute atomic E-state index is 13.2. The lowest BCUT2D eigenvalue weighted by Crippen LogP contribution is -2.27. The highest BCUT2D eigenvalue weighted by atomic mass is 32.1. The summed E-state index contributed by atoms with van der Waals surface area (Å²) in [7, 11) is 0. The van der Waals surface area contributed by atoms with E-state index in [9.17, 15) is 14.4 Å². The van der Waals surface area contributed by atoms with E-state index in [-0.39, 0.29) is 17.2 Å². The number of hydrogen-bond acceptors (Lipinski definition) is 6. The van der Waals surface area contributed by atoms with Gasteiger partial charge in [0.2, 0.25) is 5.91 Å². The lowest BCUT2D eigenvalue weighted by Gasteiger charge is -2.10. The van der Waals surface area contributed by atoms with Crippen molar-refractivity contribution in [2.24, 2.45) is 0 Å². The van der Waals surface area contributed by atoms with E-state index in [1.165, 1.54) is 22.9 Å². The van der Waals surface area contributed by atoms with Crippen molar-refractivity contribution in [3.63, 3.8) is 0 Å². The SMILES string of the molecule is CCCCCn1nc(C(=O)Nc2nc(-c3ccc(NC(C)=O)cc3)cs2)c2ccccc2c1=O. The number of amides is 2. The van der Waals surface area contributed by atoms with Gasteiger partial charge in [0.1, 0.15) is 0 Å². The molecule has 8 nitrogen and oxygen atoms in total. The van der Waals surface area contributed by atoms with Crippen molar-refractivity contribution in [1.29, 1.82) is 0 Å². The lowest BCUT2D eigenvalue weighted by atomic mass is 10.1. The Morgan fingerprint density at radius 1 is 1.00 bits per heavy atom. The average molecular weight is 476 g/mol. The van der Waals surface area contributed by atoms with Gasteiger partial charge in [0.05, 0.1) is 11.1 Å². The summed E-state index contributed by atoms with van der Waals surface area (Å²) >= 11 is 1.30. The molecule has 4 rings (SSSR count). The first kappa shape index (κ1) is 23.3. The molecule has 0 fully saturated rings. The van der Waals surface area contributed by atoms with Crippen molar-refractivity contribution in [3.8, 4) is 11.3 Å². The molecule has 2 amide bonds. The Bertz CT molecular complexity index is 1390. The van der Waals surface area contributed by atoms with Crippen molar-refractivity contribution in [3.05, 3.63) is 70.0 Å². The highest BCUT2D eigenvalue weighted by molar-refractivity contribution is 7.14. The van der Waals surface area contributed by atoms with Crippen LogP contribution >= 0.6 is 11.3 Å². The number of fused-ring (bicyclic) bond motifs is 1. The van der Waals surface area contributed by atoms with E-state index >= 15 is 0 Å². The highest BCUT2D eigenvalue weighted by Gasteiger charge is 2.18. The van der Waals surface area contributed by atoms with Crippen LogP contribution in [0.3, 0.4) is 0 Å². The minimum atomic E-state index is -0.414. The van der Waals surface area contributed by atoms with Gasteiger partial charge in [0.15, 0.2) is 10.8 Å². The molecule has 0 saturated heterocycles. The number of carbonyl (C=O) groups is 2. The first-order chi connectivity index (χ1) is 16.5. The van der Waals surface area contributed by atoms with E-state index in [4.69, 9.17) is 0 Å². The maximum atomic E-state index is 13.2. The molecule has 0 saturated carbocycles. The summed E-state index contributed by atoms with van der Waals surface area (Å²) < 4.78 is 1.39. The number of unbranched alkanes of at least 4 members (excludes halogenated alkanes) is 2. The van der Waals surface area contributed by atoms with Crippen LogP contribution in [0.25, 0.3) is 22.0 Å². The quantitative estimate of drug-likeness (QED) is 0.352. The number of anilines is 2. The van der Waals surface area contributed by atoms with Gasteiger partial charge in [-0.3, -0.25) is 19.7 Å². The number of carbonyl (C=O) groups excluding carboxylic acids is 2. The minimum absolute atomic E-state index is 0.135. The first-order valence-corrected chi connectivity index (χ1v) is 12.0. The van der Waals surface area contributed by atoms with Gasteiger partial charge >= 0.3 is 0 Å². The monoisotopic (exact) mass is 475 g/mol. The second-order valence-electron chi connectivity index (χ2n) is 7.88. The van der Waals surface area contributed by atoms with E-state index in [0.29, 0.717) is 33.8 Å². The molecule has 0 unspecified atom stereocenters. The van der Waals surface area contributed by atoms with Gasteiger partial charge in [-0.25, -0.2) is 9.67 Å². The third-order valence-electron chi connectivity index (χ3n) is 5.28. The number of thiazole rings is 1. The van der Waals surface area contributed by atoms with Crippen LogP contribution in [0, 0.1) is 0 Å². The smallest absolute Gasteiger partial charge is 0.278 e. The second kappa shape index (κ2) is 10.4. The number of rotatable bonds is 8. The van der Waals surface area contributed by atoms with Crippen molar-refractivity contribution in [1.82, 2.24) is 14.8 Å². The predicted octanol–water partition coefficient (Wildman–Crippen LogP) is 4.92. The molecule has 2 aromatic heterocycles. The number of nitrogens with zero attached hydrogens (tertiary/aromatic N) is 3. The fraction of sp³-hybridized carbons (Fsp3) is 0.240. The molecular weight excluding hydrogens is 450 g/mol. The molecule has 9 heteroatoms. The van der Waals surface area contributed by atoms with Crippen molar-refractivity contribution < 1.29 is 9.59 Å². The van der Waals surface area contributed by atoms with Gasteiger partial charge in [-0.05, 0) is 24.6 Å². The Morgan fingerprint density at radius 2 is 1.74 bits per heavy atom. The third-order valence-corrected chi connectivity index (χ3v) is 6.04. The van der Waals surface area contributed by atoms with Crippen LogP contribution in [0.2, 0.25) is 0 Å². The number of hydrogen-bond donors (Lipinski definition) is 2. The Morgan fingerprint density at radius 3 is 2.44 bits per heavy atom. The van der Waals surface area contributed by atoms with Gasteiger partial charge in [0.25, 0.3) is 11.5 Å². The summed E-state index contributed by atoms with van der Waals surface area (Å²) in [6.45, 7) is 4.02. The molecule has 174 valence electrons. The van der Waals surface area contributed by atoms with Crippen molar-refractivity contribution in [2.45, 2.75) is 39.7 Å². The number of aryl methyl sites for hydroxylation is 1. The van der Waals surface area contributed by atoms with Gasteiger partial charge in [-0.2, -0.15) is 5.10 Å². The Labute approximate surface area is 200 Å². The molecule has 0 spiro atoms. The summed E-state index contributed by atoms with van der Waals surface area (Å²) in [6, 6.07) is 14.3. The summed E-state index contributed by atoms with van der Waals surface area (Å²) in [5, 5.41) is 13.2. The Kier molecular flexibility index (Phi) is 7.12. The summed E-state index contributed by atoms with van der Waals surface area (Å²) in [6.07, 6.45) is 2.83. The third kappa shape index (κ3) is 5.20. The molecule has 0 radical (unpaired) electrons. The van der Waals surface area contributed by atoms with E-state index in [0.717, 1.165) is 24.8 Å². The molecule has 4 aromatic rings. The van der Waals surface area contributed by atoms with Crippen LogP contribution in [0.4, 0.5) is 10.8 Å². The van der Waals surface area contributed by atoms with E-state index in [2.05, 4.69) is 27.6 Å². The van der Waals surface area contributed by atoms with Crippen molar-refractivity contribution >= 4 is 44.7 Å². The zero-order valence-corrected chi connectivity index (χ0v) is 19.8. The number of benzene rings is 2. The molecule has 0 aliphatic carbocycles. The largest absolute Gasteiger partial charge is 0.326 e. The molecule has 0 bridgehead atoms. The lowest BCUT2D eigenvalue weighted by molar-refractivity contribution is -0.114. The van der Waals surface area contributed by atoms with Gasteiger partial charge in [0, 0.05) is 35.5 Å². The van der Waals surface area contributed by atoms with Gasteiger partial charge in [-0.1, -0.05) is 50.1 Å². The molecule has 0 atom stereocenters. The average Bonchev–Trinajstić information content (AvgIpc) is 3.29. The van der Waals surface area contributed by atoms with Crippen LogP contribution in [0.1, 0.15) is 43.6 Å². The Hall–Kier alpha value is -3.85. The minimum Gasteiger partial charge on any atom is -0.326 e. The molecule has 2 heterocycles. The summed E-state index contributed by atoms with van der Waals surface area (Å²) in [5.41, 5.74) is 2.27. The molecule has 2 N–H and O–H groups in total. The number of aromatic nitrogens is 3. The zero-order valence-electron chi connectivity index (χ0n) is 19.0. The van der Waals surface area contributed by atoms with Gasteiger partial charge in [-0.15, -0.1) is 11.3 Å². The summed E-state index contributed by atoms with van der Waals surface area (Å²) in [5.74, 6) is -0.549. The van der Waals surface area contributed by atoms with Crippen LogP contribution in [0.5, 0.6) is 0 Å². The molecule has 0 aliphatic rings. The van der Waals surface area contributed by atoms with E-state index in [1.807, 2.05) is 17.5 Å². The second-order valence-corrected chi connectivity index (χ2v) is 8.74. The number of nitrogens with one attached hydrogen (secondary N) is 2. The fourth-order valence-corrected chi connectivity index (χ4v) is 4.33. The van der Waals surface area contributed by atoms with Crippen LogP contribution in [-0.4, -0.2) is 26.6 Å². The predicted molar refractivity (Wildman–Crippen MR) is 135 cm³/mol. The van der Waals surface area contributed by atoms with Crippen LogP contribution in [-0.2, 0) is 11.3 Å². The van der Waals surface area contributed by atoms with Crippen LogP contribution < -0.4 is 16.2 Å². The van der Waals surface area contributed by atoms with E-state index < -0.39 is 5.91 Å². The van der Waals surface area contributed by atoms with Gasteiger partial charge < -0.3 is 5.32 Å². The molecular formula is C25H25N5O3S. The van der Waals surface area contributed by atoms with Crippen LogP contribution in [0.15, 0.2) is 58.7 Å². The molecule has 0 aliphatic heterocycles. The fourth-order valence-electron chi connectivity index (χ4n) is 3.61. The zero-order chi connectivity index (χ0) is 24.1. The van der Waals surface area contributed by atoms with Crippen molar-refractivity contribution in [2.75, 3.05) is 10.6 Å². The molecule has 2 aromatic carbocycles. The first-order valence-electron chi connectivity index (χ1n) is 11.1. The van der Waals surface area contributed by atoms with E-state index in [1.54, 1.807) is 36.4 Å². The maximum Gasteiger partial charge on any atom is 0.278 e. The topological polar surface area (TPSA) is 106 Å². The molecule has 34 heavy (non-hydrogen) atoms. The normalized spacial score (nSPS) is 10.9. The summed E-state index contributed by atoms with van der Waals surface area (Å²) in [4.78, 5) is 41.7. The standard InChI is InChI=1S/C25H25N5O3S/c1-3-4-7-14-30-24(33)20-9-6-5-8-19(20)22(29-30)23(32)28-25-27-21(15-34-25)17-10-12-18(13-11-17)26-16(2)31/h5-6,8-13,15H,3-4,7,14H2,1-2H3,(H,26,31)(H,27,28,32). The highest BCUT2D eigenvalue weighted by Crippen LogP contribution is 2.26.